The van der Waals surface area contributed by atoms with Crippen LogP contribution in [0.1, 0.15) is 54.4 Å². The molecule has 0 aromatic rings. The molecule has 1 aliphatic rings. The molecule has 1 saturated heterocycles. The second kappa shape index (κ2) is 7.50. The number of rotatable bonds is 2. The van der Waals surface area contributed by atoms with Gasteiger partial charge in [0.25, 0.3) is 0 Å². The molecule has 0 aromatic carbocycles. The molecular formula is C15H29NO4. The number of methoxy groups -OCH3 is 1. The van der Waals surface area contributed by atoms with E-state index in [4.69, 9.17) is 9.47 Å². The van der Waals surface area contributed by atoms with Crippen LogP contribution in [0, 0.1) is 5.41 Å². The number of esters is 1. The Morgan fingerprint density at radius 1 is 1.25 bits per heavy atom. The van der Waals surface area contributed by atoms with Gasteiger partial charge in [-0.1, -0.05) is 20.8 Å². The van der Waals surface area contributed by atoms with E-state index in [1.807, 2.05) is 41.5 Å². The number of ether oxygens (including phenoxy) is 2. The van der Waals surface area contributed by atoms with Crippen LogP contribution >= 0.6 is 0 Å². The van der Waals surface area contributed by atoms with Crippen LogP contribution < -0.4 is 0 Å². The Morgan fingerprint density at radius 3 is 2.20 bits per heavy atom. The molecule has 0 bridgehead atoms. The van der Waals surface area contributed by atoms with Gasteiger partial charge in [-0.2, -0.15) is 0 Å². The van der Waals surface area contributed by atoms with Crippen molar-refractivity contribution in [3.63, 3.8) is 0 Å². The number of hydrogen-bond acceptors (Lipinski definition) is 4. The summed E-state index contributed by atoms with van der Waals surface area (Å²) in [6.45, 7) is 12.3. The highest BCUT2D eigenvalue weighted by Gasteiger charge is 2.46. The molecule has 5 heteroatoms. The molecule has 0 aromatic heterocycles. The number of hydrogen-bond donors (Lipinski definition) is 0. The van der Waals surface area contributed by atoms with Gasteiger partial charge >= 0.3 is 12.1 Å². The van der Waals surface area contributed by atoms with E-state index in [0.29, 0.717) is 25.9 Å². The van der Waals surface area contributed by atoms with Gasteiger partial charge in [0.1, 0.15) is 5.60 Å². The summed E-state index contributed by atoms with van der Waals surface area (Å²) in [6.07, 6.45) is 0.940. The van der Waals surface area contributed by atoms with E-state index in [2.05, 4.69) is 0 Å². The van der Waals surface area contributed by atoms with E-state index in [0.717, 1.165) is 0 Å². The molecule has 20 heavy (non-hydrogen) atoms. The fourth-order valence-corrected chi connectivity index (χ4v) is 2.17. The first kappa shape index (κ1) is 18.7. The van der Waals surface area contributed by atoms with Crippen molar-refractivity contribution in [2.24, 2.45) is 5.41 Å². The fourth-order valence-electron chi connectivity index (χ4n) is 2.17. The van der Waals surface area contributed by atoms with Crippen LogP contribution in [0.3, 0.4) is 0 Å². The molecule has 118 valence electrons. The van der Waals surface area contributed by atoms with Gasteiger partial charge in [0, 0.05) is 13.1 Å². The molecule has 0 N–H and O–H groups in total. The monoisotopic (exact) mass is 287 g/mol. The van der Waals surface area contributed by atoms with Crippen LogP contribution in [-0.2, 0) is 14.3 Å². The predicted octanol–water partition coefficient (Wildman–Crippen LogP) is 3.22. The maximum Gasteiger partial charge on any atom is 0.410 e. The van der Waals surface area contributed by atoms with Crippen LogP contribution in [0.2, 0.25) is 0 Å². The van der Waals surface area contributed by atoms with Gasteiger partial charge in [0.15, 0.2) is 0 Å². The largest absolute Gasteiger partial charge is 0.469 e. The van der Waals surface area contributed by atoms with Gasteiger partial charge in [-0.15, -0.1) is 0 Å². The van der Waals surface area contributed by atoms with Crippen molar-refractivity contribution in [3.8, 4) is 0 Å². The van der Waals surface area contributed by atoms with Gasteiger partial charge < -0.3 is 14.4 Å². The second-order valence-corrected chi connectivity index (χ2v) is 5.78. The van der Waals surface area contributed by atoms with E-state index in [1.165, 1.54) is 7.11 Å². The normalized spacial score (nSPS) is 21.9. The SMILES string of the molecule is CC.CCC1(C(=O)OC)CCN(C(=O)OC(C)(C)C)C1. The van der Waals surface area contributed by atoms with Gasteiger partial charge in [-0.05, 0) is 33.6 Å². The standard InChI is InChI=1S/C13H23NO4.C2H6/c1-6-13(10(15)17-5)7-8-14(9-13)11(16)18-12(2,3)4;1-2/h6-9H2,1-5H3;1-2H3. The lowest BCUT2D eigenvalue weighted by Crippen LogP contribution is -2.39. The van der Waals surface area contributed by atoms with Gasteiger partial charge in [-0.25, -0.2) is 4.79 Å². The first-order valence-corrected chi connectivity index (χ1v) is 7.30. The maximum absolute atomic E-state index is 11.9. The average molecular weight is 287 g/mol. The molecule has 1 amide bonds. The van der Waals surface area contributed by atoms with Crippen molar-refractivity contribution in [2.75, 3.05) is 20.2 Å². The summed E-state index contributed by atoms with van der Waals surface area (Å²) >= 11 is 0. The summed E-state index contributed by atoms with van der Waals surface area (Å²) in [5.74, 6) is -0.240. The zero-order chi connectivity index (χ0) is 16.0. The summed E-state index contributed by atoms with van der Waals surface area (Å²) < 4.78 is 10.1. The zero-order valence-corrected chi connectivity index (χ0v) is 13.9. The van der Waals surface area contributed by atoms with Gasteiger partial charge in [0.2, 0.25) is 0 Å². The maximum atomic E-state index is 11.9. The topological polar surface area (TPSA) is 55.8 Å². The van der Waals surface area contributed by atoms with Crippen molar-refractivity contribution in [3.05, 3.63) is 0 Å². The average Bonchev–Trinajstić information content (AvgIpc) is 2.84. The third kappa shape index (κ3) is 4.69. The smallest absolute Gasteiger partial charge is 0.410 e. The minimum absolute atomic E-state index is 0.240. The molecule has 5 nitrogen and oxygen atoms in total. The highest BCUT2D eigenvalue weighted by molar-refractivity contribution is 5.79. The van der Waals surface area contributed by atoms with Crippen LogP contribution in [0.4, 0.5) is 4.79 Å². The number of nitrogens with zero attached hydrogens (tertiary/aromatic N) is 1. The van der Waals surface area contributed by atoms with Gasteiger partial charge in [-0.3, -0.25) is 4.79 Å². The summed E-state index contributed by atoms with van der Waals surface area (Å²) in [7, 11) is 1.38. The van der Waals surface area contributed by atoms with E-state index in [-0.39, 0.29) is 12.1 Å². The van der Waals surface area contributed by atoms with Crippen molar-refractivity contribution in [2.45, 2.75) is 60.0 Å². The lowest BCUT2D eigenvalue weighted by Gasteiger charge is -2.27. The Hall–Kier alpha value is -1.26. The Labute approximate surface area is 122 Å². The van der Waals surface area contributed by atoms with Crippen LogP contribution in [-0.4, -0.2) is 42.8 Å². The Balaban J connectivity index is 0.00000172. The molecule has 0 radical (unpaired) electrons. The van der Waals surface area contributed by atoms with E-state index in [1.54, 1.807) is 4.90 Å². The molecule has 1 aliphatic heterocycles. The van der Waals surface area contributed by atoms with E-state index >= 15 is 0 Å². The number of amides is 1. The third-order valence-electron chi connectivity index (χ3n) is 3.30. The highest BCUT2D eigenvalue weighted by Crippen LogP contribution is 2.35. The predicted molar refractivity (Wildman–Crippen MR) is 78.5 cm³/mol. The molecule has 0 spiro atoms. The number of carbonyl (C=O) groups excluding carboxylic acids is 2. The minimum Gasteiger partial charge on any atom is -0.469 e. The Kier molecular flexibility index (Phi) is 7.03. The van der Waals surface area contributed by atoms with Crippen molar-refractivity contribution >= 4 is 12.1 Å². The summed E-state index contributed by atoms with van der Waals surface area (Å²) in [4.78, 5) is 25.3. The summed E-state index contributed by atoms with van der Waals surface area (Å²) in [6, 6.07) is 0. The van der Waals surface area contributed by atoms with E-state index in [9.17, 15) is 9.59 Å². The molecule has 1 atom stereocenters. The Bertz CT molecular complexity index is 335. The molecule has 1 heterocycles. The Morgan fingerprint density at radius 2 is 1.80 bits per heavy atom. The molecule has 0 aliphatic carbocycles. The van der Waals surface area contributed by atoms with Crippen molar-refractivity contribution < 1.29 is 19.1 Å². The minimum atomic E-state index is -0.564. The third-order valence-corrected chi connectivity index (χ3v) is 3.30. The van der Waals surface area contributed by atoms with Crippen molar-refractivity contribution in [1.29, 1.82) is 0 Å². The van der Waals surface area contributed by atoms with E-state index < -0.39 is 11.0 Å². The van der Waals surface area contributed by atoms with Gasteiger partial charge in [0.05, 0.1) is 12.5 Å². The summed E-state index contributed by atoms with van der Waals surface area (Å²) in [5.41, 5.74) is -1.08. The summed E-state index contributed by atoms with van der Waals surface area (Å²) in [5, 5.41) is 0. The highest BCUT2D eigenvalue weighted by atomic mass is 16.6. The quantitative estimate of drug-likeness (QED) is 0.732. The molecule has 0 saturated carbocycles. The first-order valence-electron chi connectivity index (χ1n) is 7.30. The number of carbonyl (C=O) groups is 2. The van der Waals surface area contributed by atoms with Crippen molar-refractivity contribution in [1.82, 2.24) is 4.90 Å². The van der Waals surface area contributed by atoms with Crippen LogP contribution in [0.15, 0.2) is 0 Å². The lowest BCUT2D eigenvalue weighted by molar-refractivity contribution is -0.152. The lowest BCUT2D eigenvalue weighted by atomic mass is 9.84. The zero-order valence-electron chi connectivity index (χ0n) is 13.9. The molecule has 1 unspecified atom stereocenters. The molecule has 1 fully saturated rings. The fraction of sp³-hybridized carbons (Fsp3) is 0.867. The number of likely N-dealkylation sites (tertiary alicyclic amines) is 1. The molecular weight excluding hydrogens is 258 g/mol. The molecule has 1 rings (SSSR count). The van der Waals surface area contributed by atoms with Crippen LogP contribution in [0.5, 0.6) is 0 Å². The van der Waals surface area contributed by atoms with Crippen LogP contribution in [0.25, 0.3) is 0 Å². The first-order chi connectivity index (χ1) is 9.24. The second-order valence-electron chi connectivity index (χ2n) is 5.78.